The normalized spacial score (nSPS) is 19.5. The first-order chi connectivity index (χ1) is 9.19. The van der Waals surface area contributed by atoms with Gasteiger partial charge in [-0.15, -0.1) is 0 Å². The molecule has 5 nitrogen and oxygen atoms in total. The fourth-order valence-corrected chi connectivity index (χ4v) is 2.50. The van der Waals surface area contributed by atoms with E-state index in [2.05, 4.69) is 36.1 Å². The molecular formula is C13H24Cl2CuN2O3. The first-order valence-corrected chi connectivity index (χ1v) is 8.91. The molecule has 1 fully saturated rings. The van der Waals surface area contributed by atoms with Gasteiger partial charge in [-0.25, -0.2) is 0 Å². The van der Waals surface area contributed by atoms with Crippen LogP contribution in [0, 0.1) is 0 Å². The fraction of sp³-hybridized carbons (Fsp3) is 0.615. The van der Waals surface area contributed by atoms with Gasteiger partial charge in [-0.3, -0.25) is 9.88 Å². The molecule has 21 heavy (non-hydrogen) atoms. The van der Waals surface area contributed by atoms with Crippen LogP contribution in [0.25, 0.3) is 0 Å². The summed E-state index contributed by atoms with van der Waals surface area (Å²) < 4.78 is 0. The first kappa shape index (κ1) is 23.4. The predicted molar refractivity (Wildman–Crippen MR) is 83.0 cm³/mol. The topological polar surface area (TPSA) is 99.4 Å². The summed E-state index contributed by atoms with van der Waals surface area (Å²) in [6.45, 7) is 3.71. The van der Waals surface area contributed by atoms with Gasteiger partial charge in [0.1, 0.15) is 0 Å². The van der Waals surface area contributed by atoms with Crippen molar-refractivity contribution in [1.29, 1.82) is 0 Å². The molecule has 2 unspecified atom stereocenters. The third-order valence-electron chi connectivity index (χ3n) is 3.18. The van der Waals surface area contributed by atoms with Crippen molar-refractivity contribution >= 4 is 20.2 Å². The van der Waals surface area contributed by atoms with E-state index in [-0.39, 0.29) is 17.1 Å². The molecule has 1 aliphatic heterocycles. The van der Waals surface area contributed by atoms with E-state index in [0.29, 0.717) is 6.04 Å². The Bertz CT molecular complexity index is 347. The number of aliphatic hydroxyl groups excluding tert-OH is 1. The van der Waals surface area contributed by atoms with Crippen LogP contribution < -0.4 is 0 Å². The van der Waals surface area contributed by atoms with Gasteiger partial charge in [0.15, 0.2) is 0 Å². The van der Waals surface area contributed by atoms with Crippen LogP contribution in [0.1, 0.15) is 37.8 Å². The van der Waals surface area contributed by atoms with E-state index in [4.69, 9.17) is 0 Å². The number of rotatable bonds is 3. The molecule has 1 aromatic rings. The SMILES string of the molecule is CC(O)CN1CCCCC1c1cccnc1.O.O.[Cl][Cu][Cl]. The maximum absolute atomic E-state index is 9.51. The second kappa shape index (κ2) is 13.7. The van der Waals surface area contributed by atoms with Crippen molar-refractivity contribution in [1.82, 2.24) is 9.88 Å². The zero-order chi connectivity index (χ0) is 14.1. The number of hydrogen-bond acceptors (Lipinski definition) is 3. The number of aliphatic hydroxyl groups is 1. The molecule has 1 aliphatic rings. The molecule has 0 radical (unpaired) electrons. The van der Waals surface area contributed by atoms with Crippen LogP contribution in [0.3, 0.4) is 0 Å². The molecule has 129 valence electrons. The zero-order valence-electron chi connectivity index (χ0n) is 11.9. The third-order valence-corrected chi connectivity index (χ3v) is 3.18. The van der Waals surface area contributed by atoms with Crippen molar-refractivity contribution < 1.29 is 29.2 Å². The molecule has 2 atom stereocenters. The second-order valence-electron chi connectivity index (χ2n) is 4.68. The van der Waals surface area contributed by atoms with Crippen molar-refractivity contribution in [3.63, 3.8) is 0 Å². The molecule has 0 amide bonds. The Balaban J connectivity index is 0. The second-order valence-corrected chi connectivity index (χ2v) is 6.24. The summed E-state index contributed by atoms with van der Waals surface area (Å²) in [5.74, 6) is 0. The minimum absolute atomic E-state index is 0. The van der Waals surface area contributed by atoms with E-state index < -0.39 is 0 Å². The van der Waals surface area contributed by atoms with Crippen LogP contribution in [0.15, 0.2) is 24.5 Å². The van der Waals surface area contributed by atoms with Crippen LogP contribution in [0.5, 0.6) is 0 Å². The Kier molecular flexibility index (Phi) is 15.3. The van der Waals surface area contributed by atoms with Crippen molar-refractivity contribution in [2.24, 2.45) is 0 Å². The summed E-state index contributed by atoms with van der Waals surface area (Å²) in [6.07, 6.45) is 7.20. The third kappa shape index (κ3) is 8.96. The van der Waals surface area contributed by atoms with Crippen molar-refractivity contribution in [3.8, 4) is 0 Å². The van der Waals surface area contributed by atoms with Gasteiger partial charge in [-0.05, 0) is 37.9 Å². The van der Waals surface area contributed by atoms with E-state index in [0.717, 1.165) is 26.2 Å². The molecule has 0 aliphatic carbocycles. The van der Waals surface area contributed by atoms with Gasteiger partial charge in [0.2, 0.25) is 0 Å². The van der Waals surface area contributed by atoms with Gasteiger partial charge in [-0.1, -0.05) is 12.5 Å². The number of piperidine rings is 1. The van der Waals surface area contributed by atoms with Crippen LogP contribution in [0.4, 0.5) is 0 Å². The van der Waals surface area contributed by atoms with Gasteiger partial charge in [-0.2, -0.15) is 0 Å². The minimum atomic E-state index is -0.253. The van der Waals surface area contributed by atoms with Crippen molar-refractivity contribution in [3.05, 3.63) is 30.1 Å². The summed E-state index contributed by atoms with van der Waals surface area (Å²) in [5, 5.41) is 9.51. The van der Waals surface area contributed by atoms with E-state index in [1.165, 1.54) is 24.8 Å². The molecule has 1 aromatic heterocycles. The summed E-state index contributed by atoms with van der Waals surface area (Å²) in [5.41, 5.74) is 1.28. The van der Waals surface area contributed by atoms with E-state index in [1.807, 2.05) is 25.4 Å². The fourth-order valence-electron chi connectivity index (χ4n) is 2.50. The Labute approximate surface area is 140 Å². The molecule has 0 aromatic carbocycles. The zero-order valence-corrected chi connectivity index (χ0v) is 14.4. The summed E-state index contributed by atoms with van der Waals surface area (Å²) in [4.78, 5) is 6.56. The number of halogens is 2. The average molecular weight is 391 g/mol. The Morgan fingerprint density at radius 2 is 2.10 bits per heavy atom. The van der Waals surface area contributed by atoms with Crippen molar-refractivity contribution in [2.75, 3.05) is 13.1 Å². The number of aromatic nitrogens is 1. The molecular weight excluding hydrogens is 367 g/mol. The number of β-amino-alcohol motifs (C(OH)–C–C–N with tert-alkyl or cyclic N) is 1. The molecule has 2 heterocycles. The first-order valence-electron chi connectivity index (χ1n) is 6.32. The van der Waals surface area contributed by atoms with E-state index in [9.17, 15) is 5.11 Å². The monoisotopic (exact) mass is 389 g/mol. The van der Waals surface area contributed by atoms with Crippen LogP contribution >= 0.6 is 20.2 Å². The molecule has 5 N–H and O–H groups in total. The van der Waals surface area contributed by atoms with Crippen molar-refractivity contribution in [2.45, 2.75) is 38.3 Å². The number of likely N-dealkylation sites (tertiary alicyclic amines) is 1. The molecule has 1 saturated heterocycles. The van der Waals surface area contributed by atoms with Gasteiger partial charge >= 0.3 is 33.3 Å². The van der Waals surface area contributed by atoms with Gasteiger partial charge in [0.05, 0.1) is 6.10 Å². The Morgan fingerprint density at radius 1 is 1.43 bits per heavy atom. The number of nitrogens with zero attached hydrogens (tertiary/aromatic N) is 2. The number of hydrogen-bond donors (Lipinski definition) is 1. The standard InChI is InChI=1S/C13H20N2O.2ClH.Cu.2H2O/c1-11(16)10-15-8-3-2-6-13(15)12-5-4-7-14-9-12;;;;;/h4-5,7,9,11,13,16H,2-3,6,8,10H2,1H3;2*1H;;2*1H2/q;;;+2;;/p-2. The van der Waals surface area contributed by atoms with Gasteiger partial charge in [0.25, 0.3) is 0 Å². The molecule has 0 saturated carbocycles. The predicted octanol–water partition coefficient (Wildman–Crippen LogP) is 1.72. The van der Waals surface area contributed by atoms with Crippen LogP contribution in [-0.4, -0.2) is 45.1 Å². The van der Waals surface area contributed by atoms with E-state index >= 15 is 0 Å². The molecule has 0 spiro atoms. The molecule has 8 heteroatoms. The molecule has 2 rings (SSSR count). The molecule has 0 bridgehead atoms. The Hall–Kier alpha value is 0.0895. The van der Waals surface area contributed by atoms with Crippen LogP contribution in [-0.2, 0) is 13.1 Å². The van der Waals surface area contributed by atoms with E-state index in [1.54, 1.807) is 0 Å². The quantitative estimate of drug-likeness (QED) is 0.795. The number of pyridine rings is 1. The van der Waals surface area contributed by atoms with Gasteiger partial charge in [0, 0.05) is 25.0 Å². The summed E-state index contributed by atoms with van der Waals surface area (Å²) in [7, 11) is 9.34. The van der Waals surface area contributed by atoms with Gasteiger partial charge < -0.3 is 16.1 Å². The summed E-state index contributed by atoms with van der Waals surface area (Å²) in [6, 6.07) is 4.57. The summed E-state index contributed by atoms with van der Waals surface area (Å²) >= 11 is 0.757. The maximum atomic E-state index is 9.51. The van der Waals surface area contributed by atoms with Crippen LogP contribution in [0.2, 0.25) is 0 Å². The Morgan fingerprint density at radius 3 is 2.62 bits per heavy atom. The average Bonchev–Trinajstić information content (AvgIpc) is 2.40.